The van der Waals surface area contributed by atoms with E-state index in [1.54, 1.807) is 18.2 Å². The van der Waals surface area contributed by atoms with Crippen LogP contribution in [0.5, 0.6) is 0 Å². The zero-order valence-electron chi connectivity index (χ0n) is 13.0. The van der Waals surface area contributed by atoms with E-state index in [0.29, 0.717) is 5.69 Å². The summed E-state index contributed by atoms with van der Waals surface area (Å²) < 4.78 is 25.8. The normalized spacial score (nSPS) is 10.9. The molecule has 0 aliphatic rings. The SMILES string of the molecule is CNc1ccc(C(=O)S(=O)(=O)N(C)c2ccccc2)cc1[N+](=O)[O-]. The molecule has 0 fully saturated rings. The Hall–Kier alpha value is -2.94. The van der Waals surface area contributed by atoms with E-state index in [1.165, 1.54) is 38.4 Å². The van der Waals surface area contributed by atoms with Gasteiger partial charge in [-0.25, -0.2) is 0 Å². The van der Waals surface area contributed by atoms with Crippen molar-refractivity contribution in [3.8, 4) is 0 Å². The van der Waals surface area contributed by atoms with Crippen LogP contribution < -0.4 is 9.62 Å². The Balaban J connectivity index is 2.44. The Morgan fingerprint density at radius 2 is 1.79 bits per heavy atom. The molecule has 0 radical (unpaired) electrons. The fourth-order valence-corrected chi connectivity index (χ4v) is 3.14. The van der Waals surface area contributed by atoms with Gasteiger partial charge in [0.15, 0.2) is 0 Å². The van der Waals surface area contributed by atoms with Gasteiger partial charge >= 0.3 is 10.0 Å². The molecule has 0 saturated carbocycles. The highest BCUT2D eigenvalue weighted by molar-refractivity contribution is 8.07. The van der Waals surface area contributed by atoms with Gasteiger partial charge in [-0.15, -0.1) is 0 Å². The predicted molar refractivity (Wildman–Crippen MR) is 90.7 cm³/mol. The summed E-state index contributed by atoms with van der Waals surface area (Å²) in [4.78, 5) is 22.8. The van der Waals surface area contributed by atoms with Gasteiger partial charge in [-0.1, -0.05) is 18.2 Å². The van der Waals surface area contributed by atoms with E-state index < -0.39 is 20.1 Å². The minimum atomic E-state index is -4.36. The van der Waals surface area contributed by atoms with Gasteiger partial charge in [0.05, 0.1) is 10.6 Å². The number of hydrogen-bond acceptors (Lipinski definition) is 6. The van der Waals surface area contributed by atoms with E-state index in [0.717, 1.165) is 10.4 Å². The van der Waals surface area contributed by atoms with Crippen LogP contribution in [0.4, 0.5) is 17.1 Å². The van der Waals surface area contributed by atoms with Crippen molar-refractivity contribution in [2.45, 2.75) is 0 Å². The summed E-state index contributed by atoms with van der Waals surface area (Å²) in [6.45, 7) is 0. The average Bonchev–Trinajstić information content (AvgIpc) is 2.60. The first-order chi connectivity index (χ1) is 11.3. The number of carbonyl (C=O) groups excluding carboxylic acids is 1. The number of sulfonamides is 1. The minimum Gasteiger partial charge on any atom is -0.383 e. The predicted octanol–water partition coefficient (Wildman–Crippen LogP) is 2.24. The van der Waals surface area contributed by atoms with Crippen LogP contribution in [0.3, 0.4) is 0 Å². The summed E-state index contributed by atoms with van der Waals surface area (Å²) in [7, 11) is -1.62. The van der Waals surface area contributed by atoms with Gasteiger partial charge in [0.2, 0.25) is 0 Å². The lowest BCUT2D eigenvalue weighted by Crippen LogP contribution is -2.33. The Kier molecular flexibility index (Phi) is 4.84. The molecule has 0 aliphatic carbocycles. The molecule has 0 aromatic heterocycles. The third-order valence-corrected chi connectivity index (χ3v) is 5.05. The summed E-state index contributed by atoms with van der Waals surface area (Å²) >= 11 is 0. The van der Waals surface area contributed by atoms with E-state index in [2.05, 4.69) is 5.32 Å². The summed E-state index contributed by atoms with van der Waals surface area (Å²) in [5.74, 6) is 0. The highest BCUT2D eigenvalue weighted by Gasteiger charge is 2.30. The fourth-order valence-electron chi connectivity index (χ4n) is 2.07. The molecule has 24 heavy (non-hydrogen) atoms. The van der Waals surface area contributed by atoms with Gasteiger partial charge in [0.1, 0.15) is 5.69 Å². The molecule has 1 N–H and O–H groups in total. The van der Waals surface area contributed by atoms with Crippen molar-refractivity contribution in [1.82, 2.24) is 0 Å². The molecule has 8 nitrogen and oxygen atoms in total. The van der Waals surface area contributed by atoms with Crippen molar-refractivity contribution >= 4 is 32.2 Å². The molecule has 2 aromatic rings. The maximum Gasteiger partial charge on any atom is 0.302 e. The van der Waals surface area contributed by atoms with Crippen molar-refractivity contribution < 1.29 is 18.1 Å². The molecule has 9 heteroatoms. The van der Waals surface area contributed by atoms with Crippen LogP contribution in [0.25, 0.3) is 0 Å². The first kappa shape index (κ1) is 17.4. The van der Waals surface area contributed by atoms with Gasteiger partial charge in [0.25, 0.3) is 10.8 Å². The largest absolute Gasteiger partial charge is 0.383 e. The van der Waals surface area contributed by atoms with Crippen LogP contribution in [0, 0.1) is 10.1 Å². The molecule has 0 spiro atoms. The third-order valence-electron chi connectivity index (χ3n) is 3.41. The molecule has 0 bridgehead atoms. The number of nitrogens with zero attached hydrogens (tertiary/aromatic N) is 2. The van der Waals surface area contributed by atoms with Gasteiger partial charge in [-0.3, -0.25) is 19.2 Å². The lowest BCUT2D eigenvalue weighted by Gasteiger charge is -2.18. The molecule has 0 saturated heterocycles. The van der Waals surface area contributed by atoms with Crippen LogP contribution in [0.15, 0.2) is 48.5 Å². The molecule has 0 heterocycles. The number of hydrogen-bond donors (Lipinski definition) is 1. The third kappa shape index (κ3) is 3.20. The van der Waals surface area contributed by atoms with Crippen LogP contribution in [0.1, 0.15) is 10.4 Å². The lowest BCUT2D eigenvalue weighted by molar-refractivity contribution is -0.384. The molecule has 2 aromatic carbocycles. The van der Waals surface area contributed by atoms with E-state index in [9.17, 15) is 23.3 Å². The van der Waals surface area contributed by atoms with Gasteiger partial charge < -0.3 is 5.32 Å². The van der Waals surface area contributed by atoms with Crippen LogP contribution in [-0.2, 0) is 10.0 Å². The van der Waals surface area contributed by atoms with E-state index in [4.69, 9.17) is 0 Å². The van der Waals surface area contributed by atoms with Crippen molar-refractivity contribution in [1.29, 1.82) is 0 Å². The van der Waals surface area contributed by atoms with Crippen molar-refractivity contribution in [3.63, 3.8) is 0 Å². The number of nitro benzene ring substituents is 1. The maximum absolute atomic E-state index is 12.5. The van der Waals surface area contributed by atoms with Crippen molar-refractivity contribution in [2.75, 3.05) is 23.7 Å². The van der Waals surface area contributed by atoms with Crippen molar-refractivity contribution in [2.24, 2.45) is 0 Å². The Morgan fingerprint density at radius 3 is 2.33 bits per heavy atom. The number of nitro groups is 1. The number of benzene rings is 2. The fraction of sp³-hybridized carbons (Fsp3) is 0.133. The summed E-state index contributed by atoms with van der Waals surface area (Å²) in [6, 6.07) is 11.5. The van der Waals surface area contributed by atoms with E-state index in [-0.39, 0.29) is 16.9 Å². The number of carbonyl (C=O) groups is 1. The van der Waals surface area contributed by atoms with Crippen LogP contribution >= 0.6 is 0 Å². The number of nitrogens with one attached hydrogen (secondary N) is 1. The Morgan fingerprint density at radius 1 is 1.17 bits per heavy atom. The summed E-state index contributed by atoms with van der Waals surface area (Å²) in [5, 5.41) is 12.5. The molecule has 0 aliphatic heterocycles. The number of rotatable bonds is 5. The Labute approximate surface area is 138 Å². The second-order valence-corrected chi connectivity index (χ2v) is 6.70. The smallest absolute Gasteiger partial charge is 0.302 e. The topological polar surface area (TPSA) is 110 Å². The standard InChI is InChI=1S/C15H15N3O5S/c1-16-13-9-8-11(10-14(13)18(20)21)15(19)24(22,23)17(2)12-6-4-3-5-7-12/h3-10,16H,1-2H3. The quantitative estimate of drug-likeness (QED) is 0.655. The van der Waals surface area contributed by atoms with Crippen LogP contribution in [-0.4, -0.2) is 32.6 Å². The van der Waals surface area contributed by atoms with Gasteiger partial charge in [-0.2, -0.15) is 8.42 Å². The minimum absolute atomic E-state index is 0.186. The monoisotopic (exact) mass is 349 g/mol. The molecule has 126 valence electrons. The number of para-hydroxylation sites is 1. The first-order valence-electron chi connectivity index (χ1n) is 6.83. The van der Waals surface area contributed by atoms with Crippen molar-refractivity contribution in [3.05, 3.63) is 64.2 Å². The maximum atomic E-state index is 12.5. The molecular formula is C15H15N3O5S. The molecule has 2 rings (SSSR count). The van der Waals surface area contributed by atoms with Gasteiger partial charge in [-0.05, 0) is 24.3 Å². The van der Waals surface area contributed by atoms with Gasteiger partial charge in [0, 0.05) is 25.7 Å². The molecule has 0 unspecified atom stereocenters. The highest BCUT2D eigenvalue weighted by Crippen LogP contribution is 2.27. The van der Waals surface area contributed by atoms with Crippen LogP contribution in [0.2, 0.25) is 0 Å². The highest BCUT2D eigenvalue weighted by atomic mass is 32.2. The Bertz CT molecular complexity index is 881. The summed E-state index contributed by atoms with van der Waals surface area (Å²) in [5.41, 5.74) is -0.151. The lowest BCUT2D eigenvalue weighted by atomic mass is 10.2. The second-order valence-electron chi connectivity index (χ2n) is 4.83. The zero-order valence-corrected chi connectivity index (χ0v) is 13.8. The first-order valence-corrected chi connectivity index (χ1v) is 8.27. The van der Waals surface area contributed by atoms with E-state index >= 15 is 0 Å². The van der Waals surface area contributed by atoms with E-state index in [1.807, 2.05) is 0 Å². The molecule has 0 atom stereocenters. The molecule has 0 amide bonds. The average molecular weight is 349 g/mol. The molecular weight excluding hydrogens is 334 g/mol. The number of anilines is 2. The summed E-state index contributed by atoms with van der Waals surface area (Å²) in [6.07, 6.45) is 0. The second kappa shape index (κ2) is 6.67. The zero-order chi connectivity index (χ0) is 17.9.